The first kappa shape index (κ1) is 20.2. The van der Waals surface area contributed by atoms with Crippen LogP contribution in [0.3, 0.4) is 0 Å². The molecule has 0 aromatic heterocycles. The van der Waals surface area contributed by atoms with E-state index in [1.807, 2.05) is 12.1 Å². The van der Waals surface area contributed by atoms with E-state index >= 15 is 0 Å². The van der Waals surface area contributed by atoms with Gasteiger partial charge in [0.2, 0.25) is 5.78 Å². The van der Waals surface area contributed by atoms with Crippen LogP contribution in [0.5, 0.6) is 0 Å². The third-order valence-corrected chi connectivity index (χ3v) is 5.92. The lowest BCUT2D eigenvalue weighted by atomic mass is 9.98. The number of carbonyl (C=O) groups is 1. The SMILES string of the molecule is CNC1=C(c2cccc(C(F)(F)F)c2)C(=O)/C(=C\c2c(F)ccc3ccccc23)S1. The fourth-order valence-electron chi connectivity index (χ4n) is 3.36. The molecule has 0 fully saturated rings. The molecule has 0 radical (unpaired) electrons. The molecule has 1 aliphatic heterocycles. The molecule has 0 saturated carbocycles. The number of hydrogen-bond donors (Lipinski definition) is 1. The minimum absolute atomic E-state index is 0.139. The van der Waals surface area contributed by atoms with Crippen LogP contribution in [0, 0.1) is 5.82 Å². The van der Waals surface area contributed by atoms with E-state index in [9.17, 15) is 22.4 Å². The Morgan fingerprint density at radius 2 is 1.77 bits per heavy atom. The van der Waals surface area contributed by atoms with Crippen molar-refractivity contribution < 1.29 is 22.4 Å². The number of Topliss-reactive ketones (excluding diaryl/α,β-unsaturated/α-hetero) is 1. The standard InChI is InChI=1S/C23H15F4NOS/c1-28-22-20(14-6-4-7-15(11-14)23(25,26)27)21(29)19(30-22)12-17-16-8-3-2-5-13(16)9-10-18(17)24/h2-12,28H,1H3/b19-12+. The van der Waals surface area contributed by atoms with E-state index in [1.165, 1.54) is 24.3 Å². The highest BCUT2D eigenvalue weighted by Gasteiger charge is 2.34. The maximum Gasteiger partial charge on any atom is 0.416 e. The van der Waals surface area contributed by atoms with Crippen molar-refractivity contribution in [2.24, 2.45) is 0 Å². The summed E-state index contributed by atoms with van der Waals surface area (Å²) in [5.74, 6) is -0.927. The van der Waals surface area contributed by atoms with Gasteiger partial charge in [0, 0.05) is 12.6 Å². The molecule has 0 unspecified atom stereocenters. The Hall–Kier alpha value is -3.06. The van der Waals surface area contributed by atoms with Gasteiger partial charge in [-0.1, -0.05) is 54.2 Å². The molecule has 4 rings (SSSR count). The van der Waals surface area contributed by atoms with Crippen LogP contribution in [-0.2, 0) is 11.0 Å². The van der Waals surface area contributed by atoms with Crippen LogP contribution >= 0.6 is 11.8 Å². The zero-order valence-electron chi connectivity index (χ0n) is 15.7. The molecule has 0 amide bonds. The third kappa shape index (κ3) is 3.61. The van der Waals surface area contributed by atoms with Gasteiger partial charge in [0.1, 0.15) is 5.82 Å². The maximum absolute atomic E-state index is 14.6. The summed E-state index contributed by atoms with van der Waals surface area (Å²) in [6.45, 7) is 0. The molecule has 1 N–H and O–H groups in total. The summed E-state index contributed by atoms with van der Waals surface area (Å²) < 4.78 is 53.9. The lowest BCUT2D eigenvalue weighted by molar-refractivity contribution is -0.137. The lowest BCUT2D eigenvalue weighted by Gasteiger charge is -2.10. The van der Waals surface area contributed by atoms with Crippen molar-refractivity contribution in [3.63, 3.8) is 0 Å². The Morgan fingerprint density at radius 3 is 2.50 bits per heavy atom. The summed E-state index contributed by atoms with van der Waals surface area (Å²) in [5.41, 5.74) is -0.267. The van der Waals surface area contributed by atoms with Crippen molar-refractivity contribution in [1.29, 1.82) is 0 Å². The predicted octanol–water partition coefficient (Wildman–Crippen LogP) is 6.24. The molecular weight excluding hydrogens is 414 g/mol. The average Bonchev–Trinajstić information content (AvgIpc) is 3.05. The van der Waals surface area contributed by atoms with Crippen LogP contribution in [0.25, 0.3) is 22.4 Å². The number of hydrogen-bond acceptors (Lipinski definition) is 3. The summed E-state index contributed by atoms with van der Waals surface area (Å²) >= 11 is 1.08. The van der Waals surface area contributed by atoms with E-state index in [0.29, 0.717) is 10.4 Å². The number of ketones is 1. The summed E-state index contributed by atoms with van der Waals surface area (Å²) in [6.07, 6.45) is -3.06. The first-order chi connectivity index (χ1) is 14.3. The van der Waals surface area contributed by atoms with Crippen molar-refractivity contribution in [3.8, 4) is 0 Å². The minimum Gasteiger partial charge on any atom is -0.382 e. The molecule has 0 saturated heterocycles. The molecule has 0 atom stereocenters. The molecule has 7 heteroatoms. The molecule has 0 aliphatic carbocycles. The lowest BCUT2D eigenvalue weighted by Crippen LogP contribution is -2.08. The van der Waals surface area contributed by atoms with Crippen LogP contribution < -0.4 is 5.32 Å². The van der Waals surface area contributed by atoms with Gasteiger partial charge in [0.25, 0.3) is 0 Å². The van der Waals surface area contributed by atoms with Crippen molar-refractivity contribution in [1.82, 2.24) is 5.32 Å². The van der Waals surface area contributed by atoms with E-state index in [-0.39, 0.29) is 21.6 Å². The Labute approximate surface area is 174 Å². The fraction of sp³-hybridized carbons (Fsp3) is 0.0870. The molecule has 3 aromatic carbocycles. The highest BCUT2D eigenvalue weighted by molar-refractivity contribution is 8.08. The van der Waals surface area contributed by atoms with Gasteiger partial charge >= 0.3 is 6.18 Å². The molecule has 30 heavy (non-hydrogen) atoms. The zero-order chi connectivity index (χ0) is 21.5. The summed E-state index contributed by atoms with van der Waals surface area (Å²) in [4.78, 5) is 13.3. The molecule has 1 heterocycles. The van der Waals surface area contributed by atoms with Crippen molar-refractivity contribution in [3.05, 3.63) is 93.1 Å². The molecule has 3 aromatic rings. The Kier molecular flexibility index (Phi) is 5.15. The highest BCUT2D eigenvalue weighted by atomic mass is 32.2. The van der Waals surface area contributed by atoms with Gasteiger partial charge in [0.05, 0.1) is 21.1 Å². The second kappa shape index (κ2) is 7.65. The fourth-order valence-corrected chi connectivity index (χ4v) is 4.37. The topological polar surface area (TPSA) is 29.1 Å². The first-order valence-corrected chi connectivity index (χ1v) is 9.82. The molecule has 2 nitrogen and oxygen atoms in total. The maximum atomic E-state index is 14.6. The highest BCUT2D eigenvalue weighted by Crippen LogP contribution is 2.43. The van der Waals surface area contributed by atoms with Gasteiger partial charge in [-0.2, -0.15) is 13.2 Å². The second-order valence-electron chi connectivity index (χ2n) is 6.65. The number of carbonyl (C=O) groups excluding carboxylic acids is 1. The zero-order valence-corrected chi connectivity index (χ0v) is 16.5. The quantitative estimate of drug-likeness (QED) is 0.395. The Balaban J connectivity index is 1.80. The number of allylic oxidation sites excluding steroid dienone is 2. The summed E-state index contributed by atoms with van der Waals surface area (Å²) in [7, 11) is 1.59. The van der Waals surface area contributed by atoms with Crippen LogP contribution in [0.4, 0.5) is 17.6 Å². The summed E-state index contributed by atoms with van der Waals surface area (Å²) in [5, 5.41) is 4.77. The summed E-state index contributed by atoms with van der Waals surface area (Å²) in [6, 6.07) is 14.8. The monoisotopic (exact) mass is 429 g/mol. The van der Waals surface area contributed by atoms with Crippen LogP contribution in [0.1, 0.15) is 16.7 Å². The number of nitrogens with one attached hydrogen (secondary N) is 1. The van der Waals surface area contributed by atoms with Gasteiger partial charge in [-0.3, -0.25) is 4.79 Å². The number of benzene rings is 3. The predicted molar refractivity (Wildman–Crippen MR) is 112 cm³/mol. The minimum atomic E-state index is -4.52. The molecule has 152 valence electrons. The van der Waals surface area contributed by atoms with E-state index in [2.05, 4.69) is 5.32 Å². The molecule has 0 bridgehead atoms. The van der Waals surface area contributed by atoms with Crippen LogP contribution in [0.2, 0.25) is 0 Å². The Morgan fingerprint density at radius 1 is 1.00 bits per heavy atom. The van der Waals surface area contributed by atoms with E-state index in [4.69, 9.17) is 0 Å². The smallest absolute Gasteiger partial charge is 0.382 e. The second-order valence-corrected chi connectivity index (χ2v) is 7.71. The molecular formula is C23H15F4NOS. The van der Waals surface area contributed by atoms with Crippen LogP contribution in [-0.4, -0.2) is 12.8 Å². The Bertz CT molecular complexity index is 1230. The van der Waals surface area contributed by atoms with Crippen molar-refractivity contribution >= 4 is 40.0 Å². The number of fused-ring (bicyclic) bond motifs is 1. The number of alkyl halides is 3. The van der Waals surface area contributed by atoms with Gasteiger partial charge < -0.3 is 5.32 Å². The van der Waals surface area contributed by atoms with Crippen molar-refractivity contribution in [2.45, 2.75) is 6.18 Å². The van der Waals surface area contributed by atoms with E-state index < -0.39 is 23.3 Å². The molecule has 0 spiro atoms. The average molecular weight is 429 g/mol. The third-order valence-electron chi connectivity index (χ3n) is 4.79. The van der Waals surface area contributed by atoms with Gasteiger partial charge in [-0.15, -0.1) is 0 Å². The first-order valence-electron chi connectivity index (χ1n) is 9.01. The number of halogens is 4. The van der Waals surface area contributed by atoms with E-state index in [0.717, 1.165) is 29.3 Å². The van der Waals surface area contributed by atoms with E-state index in [1.54, 1.807) is 25.2 Å². The van der Waals surface area contributed by atoms with Gasteiger partial charge in [-0.25, -0.2) is 4.39 Å². The number of thioether (sulfide) groups is 1. The van der Waals surface area contributed by atoms with Gasteiger partial charge in [0.15, 0.2) is 0 Å². The molecule has 1 aliphatic rings. The van der Waals surface area contributed by atoms with Crippen LogP contribution in [0.15, 0.2) is 70.6 Å². The number of rotatable bonds is 3. The van der Waals surface area contributed by atoms with Gasteiger partial charge in [-0.05, 0) is 40.6 Å². The largest absolute Gasteiger partial charge is 0.416 e. The normalized spacial score (nSPS) is 16.0. The van der Waals surface area contributed by atoms with Crippen molar-refractivity contribution in [2.75, 3.05) is 7.05 Å².